The molecule has 0 spiro atoms. The predicted octanol–water partition coefficient (Wildman–Crippen LogP) is 5.26. The Labute approximate surface area is 189 Å². The van der Waals surface area contributed by atoms with Gasteiger partial charge in [0.05, 0.1) is 27.1 Å². The van der Waals surface area contributed by atoms with Crippen LogP contribution >= 0.6 is 23.2 Å². The first-order chi connectivity index (χ1) is 14.9. The zero-order chi connectivity index (χ0) is 22.4. The standard InChI is InChI=1S/C21H22Cl2N6O2/c1-2-3-5-14-12-18(26-21(30)25-17-7-4-6-16(22)19(17)23)29(27-14)15-10-8-13(9-11-15)20(24)28-31/h4,6-12,31H,2-3,5H2,1H3,(H2,24,28)(H2,25,26,30). The average Bonchev–Trinajstić information content (AvgIpc) is 3.17. The van der Waals surface area contributed by atoms with Crippen molar-refractivity contribution < 1.29 is 10.0 Å². The topological polar surface area (TPSA) is 118 Å². The Bertz CT molecular complexity index is 1100. The van der Waals surface area contributed by atoms with Crippen LogP contribution in [-0.4, -0.2) is 26.9 Å². The summed E-state index contributed by atoms with van der Waals surface area (Å²) in [4.78, 5) is 12.6. The molecular weight excluding hydrogens is 439 g/mol. The van der Waals surface area contributed by atoms with Gasteiger partial charge in [-0.1, -0.05) is 47.8 Å². The number of aromatic nitrogens is 2. The van der Waals surface area contributed by atoms with E-state index in [1.165, 1.54) is 0 Å². The van der Waals surface area contributed by atoms with Crippen LogP contribution in [0.1, 0.15) is 31.0 Å². The average molecular weight is 461 g/mol. The van der Waals surface area contributed by atoms with E-state index in [1.807, 2.05) is 6.07 Å². The number of carbonyl (C=O) groups is 1. The number of amidine groups is 1. The molecule has 5 N–H and O–H groups in total. The maximum absolute atomic E-state index is 12.6. The molecule has 0 fully saturated rings. The molecule has 1 aromatic heterocycles. The van der Waals surface area contributed by atoms with Gasteiger partial charge in [-0.2, -0.15) is 5.10 Å². The molecule has 0 aliphatic carbocycles. The Morgan fingerprint density at radius 2 is 1.94 bits per heavy atom. The molecule has 162 valence electrons. The molecule has 0 radical (unpaired) electrons. The van der Waals surface area contributed by atoms with E-state index in [0.717, 1.165) is 25.0 Å². The van der Waals surface area contributed by atoms with Crippen LogP contribution in [0.15, 0.2) is 53.7 Å². The Hall–Kier alpha value is -3.23. The molecule has 0 atom stereocenters. The lowest BCUT2D eigenvalue weighted by Crippen LogP contribution is -2.21. The van der Waals surface area contributed by atoms with E-state index in [9.17, 15) is 4.79 Å². The second-order valence-corrected chi connectivity index (χ2v) is 7.53. The van der Waals surface area contributed by atoms with Crippen LogP contribution in [0.25, 0.3) is 5.69 Å². The fourth-order valence-electron chi connectivity index (χ4n) is 2.90. The molecule has 0 unspecified atom stereocenters. The molecule has 1 heterocycles. The summed E-state index contributed by atoms with van der Waals surface area (Å²) in [6.07, 6.45) is 2.78. The summed E-state index contributed by atoms with van der Waals surface area (Å²) >= 11 is 12.2. The van der Waals surface area contributed by atoms with Crippen molar-refractivity contribution in [2.45, 2.75) is 26.2 Å². The van der Waals surface area contributed by atoms with Crippen LogP contribution < -0.4 is 16.4 Å². The number of nitrogens with zero attached hydrogens (tertiary/aromatic N) is 3. The van der Waals surface area contributed by atoms with Crippen molar-refractivity contribution in [2.75, 3.05) is 10.6 Å². The minimum absolute atomic E-state index is 0.00627. The number of rotatable bonds is 7. The molecular formula is C21H22Cl2N6O2. The van der Waals surface area contributed by atoms with Gasteiger partial charge in [0.2, 0.25) is 0 Å². The van der Waals surface area contributed by atoms with Gasteiger partial charge >= 0.3 is 6.03 Å². The SMILES string of the molecule is CCCCc1cc(NC(=O)Nc2cccc(Cl)c2Cl)n(-c2ccc(/C(N)=N/O)cc2)n1. The van der Waals surface area contributed by atoms with Crippen molar-refractivity contribution in [3.8, 4) is 5.69 Å². The van der Waals surface area contributed by atoms with Crippen LogP contribution in [-0.2, 0) is 6.42 Å². The molecule has 0 saturated carbocycles. The van der Waals surface area contributed by atoms with Crippen molar-refractivity contribution in [1.82, 2.24) is 9.78 Å². The van der Waals surface area contributed by atoms with E-state index >= 15 is 0 Å². The number of carbonyl (C=O) groups excluding carboxylic acids is 1. The molecule has 0 aliphatic heterocycles. The molecule has 2 aromatic carbocycles. The van der Waals surface area contributed by atoms with Gasteiger partial charge in [0.15, 0.2) is 5.84 Å². The molecule has 10 heteroatoms. The van der Waals surface area contributed by atoms with Crippen LogP contribution in [0.3, 0.4) is 0 Å². The van der Waals surface area contributed by atoms with E-state index in [1.54, 1.807) is 47.1 Å². The fourth-order valence-corrected chi connectivity index (χ4v) is 3.25. The molecule has 3 aromatic rings. The quantitative estimate of drug-likeness (QED) is 0.166. The molecule has 0 bridgehead atoms. The normalized spacial score (nSPS) is 11.4. The number of benzene rings is 2. The second-order valence-electron chi connectivity index (χ2n) is 6.75. The summed E-state index contributed by atoms with van der Waals surface area (Å²) in [7, 11) is 0. The highest BCUT2D eigenvalue weighted by atomic mass is 35.5. The molecule has 31 heavy (non-hydrogen) atoms. The summed E-state index contributed by atoms with van der Waals surface area (Å²) in [6.45, 7) is 2.10. The molecule has 0 aliphatic rings. The number of anilines is 2. The Kier molecular flexibility index (Phi) is 7.38. The third kappa shape index (κ3) is 5.48. The highest BCUT2D eigenvalue weighted by molar-refractivity contribution is 6.44. The van der Waals surface area contributed by atoms with Crippen molar-refractivity contribution in [1.29, 1.82) is 0 Å². The lowest BCUT2D eigenvalue weighted by atomic mass is 10.2. The zero-order valence-corrected chi connectivity index (χ0v) is 18.3. The molecule has 0 saturated heterocycles. The third-order valence-corrected chi connectivity index (χ3v) is 5.32. The monoisotopic (exact) mass is 460 g/mol. The number of aryl methyl sites for hydroxylation is 1. The van der Waals surface area contributed by atoms with E-state index in [4.69, 9.17) is 34.1 Å². The van der Waals surface area contributed by atoms with Gasteiger partial charge in [0.25, 0.3) is 0 Å². The number of nitrogens with two attached hydrogens (primary N) is 1. The summed E-state index contributed by atoms with van der Waals surface area (Å²) in [5.41, 5.74) is 8.13. The number of nitrogens with one attached hydrogen (secondary N) is 2. The van der Waals surface area contributed by atoms with Crippen molar-refractivity contribution in [3.63, 3.8) is 0 Å². The number of amides is 2. The van der Waals surface area contributed by atoms with E-state index in [2.05, 4.69) is 27.8 Å². The first-order valence-electron chi connectivity index (χ1n) is 9.62. The van der Waals surface area contributed by atoms with E-state index < -0.39 is 6.03 Å². The summed E-state index contributed by atoms with van der Waals surface area (Å²) in [5.74, 6) is 0.491. The smallest absolute Gasteiger partial charge is 0.324 e. The van der Waals surface area contributed by atoms with Crippen molar-refractivity contribution >= 4 is 46.6 Å². The summed E-state index contributed by atoms with van der Waals surface area (Å²) < 4.78 is 1.63. The van der Waals surface area contributed by atoms with Gasteiger partial charge in [-0.25, -0.2) is 9.48 Å². The Morgan fingerprint density at radius 3 is 2.61 bits per heavy atom. The Balaban J connectivity index is 1.87. The maximum Gasteiger partial charge on any atom is 0.324 e. The second kappa shape index (κ2) is 10.2. The maximum atomic E-state index is 12.6. The predicted molar refractivity (Wildman–Crippen MR) is 124 cm³/mol. The number of hydrogen-bond acceptors (Lipinski definition) is 4. The number of oxime groups is 1. The minimum Gasteiger partial charge on any atom is -0.409 e. The van der Waals surface area contributed by atoms with Gasteiger partial charge in [0, 0.05) is 11.6 Å². The highest BCUT2D eigenvalue weighted by Crippen LogP contribution is 2.29. The van der Waals surface area contributed by atoms with E-state index in [-0.39, 0.29) is 10.9 Å². The number of hydrogen-bond donors (Lipinski definition) is 4. The zero-order valence-electron chi connectivity index (χ0n) is 16.8. The molecule has 2 amide bonds. The van der Waals surface area contributed by atoms with Crippen LogP contribution in [0.4, 0.5) is 16.3 Å². The van der Waals surface area contributed by atoms with Crippen LogP contribution in [0, 0.1) is 0 Å². The number of halogens is 2. The minimum atomic E-state index is -0.486. The number of urea groups is 1. The lowest BCUT2D eigenvalue weighted by Gasteiger charge is -2.11. The van der Waals surface area contributed by atoms with Crippen molar-refractivity contribution in [2.24, 2.45) is 10.9 Å². The van der Waals surface area contributed by atoms with Gasteiger partial charge in [0.1, 0.15) is 5.82 Å². The molecule has 3 rings (SSSR count). The van der Waals surface area contributed by atoms with Gasteiger partial charge in [-0.05, 0) is 49.2 Å². The van der Waals surface area contributed by atoms with Crippen LogP contribution in [0.2, 0.25) is 10.0 Å². The van der Waals surface area contributed by atoms with Gasteiger partial charge in [-0.15, -0.1) is 0 Å². The fraction of sp³-hybridized carbons (Fsp3) is 0.190. The van der Waals surface area contributed by atoms with E-state index in [0.29, 0.717) is 27.8 Å². The first kappa shape index (κ1) is 22.5. The third-order valence-electron chi connectivity index (χ3n) is 4.50. The number of unbranched alkanes of at least 4 members (excludes halogenated alkanes) is 1. The van der Waals surface area contributed by atoms with Gasteiger partial charge in [-0.3, -0.25) is 5.32 Å². The first-order valence-corrected chi connectivity index (χ1v) is 10.4. The summed E-state index contributed by atoms with van der Waals surface area (Å²) in [5, 5.41) is 22.6. The largest absolute Gasteiger partial charge is 0.409 e. The summed E-state index contributed by atoms with van der Waals surface area (Å²) in [6, 6.07) is 13.3. The van der Waals surface area contributed by atoms with Crippen molar-refractivity contribution in [3.05, 3.63) is 69.8 Å². The Morgan fingerprint density at radius 1 is 1.19 bits per heavy atom. The van der Waals surface area contributed by atoms with Crippen LogP contribution in [0.5, 0.6) is 0 Å². The molecule has 8 nitrogen and oxygen atoms in total. The highest BCUT2D eigenvalue weighted by Gasteiger charge is 2.14. The lowest BCUT2D eigenvalue weighted by molar-refractivity contribution is 0.262. The van der Waals surface area contributed by atoms with Gasteiger partial charge < -0.3 is 16.3 Å².